The molecule has 158 valence electrons. The van der Waals surface area contributed by atoms with Crippen LogP contribution in [-0.4, -0.2) is 33.4 Å². The van der Waals surface area contributed by atoms with Gasteiger partial charge in [0.15, 0.2) is 21.3 Å². The average Bonchev–Trinajstić information content (AvgIpc) is 2.82. The third-order valence-corrected chi connectivity index (χ3v) is 7.05. The van der Waals surface area contributed by atoms with E-state index in [2.05, 4.69) is 12.2 Å². The summed E-state index contributed by atoms with van der Waals surface area (Å²) >= 11 is 0. The van der Waals surface area contributed by atoms with Crippen molar-refractivity contribution in [3.05, 3.63) is 53.6 Å². The van der Waals surface area contributed by atoms with Gasteiger partial charge in [-0.2, -0.15) is 0 Å². The lowest BCUT2D eigenvalue weighted by molar-refractivity contribution is 0.286. The molecule has 2 unspecified atom stereocenters. The molecule has 5 nitrogen and oxygen atoms in total. The molecule has 0 aromatic heterocycles. The Bertz CT molecular complexity index is 912. The first-order valence-corrected chi connectivity index (χ1v) is 12.1. The summed E-state index contributed by atoms with van der Waals surface area (Å²) < 4.78 is 38.2. The Labute approximate surface area is 174 Å². The van der Waals surface area contributed by atoms with E-state index in [-0.39, 0.29) is 17.8 Å². The van der Waals surface area contributed by atoms with Gasteiger partial charge in [-0.15, -0.1) is 0 Å². The fourth-order valence-electron chi connectivity index (χ4n) is 3.86. The first-order chi connectivity index (χ1) is 14.0. The number of rotatable bonds is 8. The Morgan fingerprint density at radius 2 is 1.66 bits per heavy atom. The normalized spacial score (nSPS) is 20.5. The van der Waals surface area contributed by atoms with Gasteiger partial charge in [0.1, 0.15) is 0 Å². The maximum atomic E-state index is 13.3. The molecule has 0 radical (unpaired) electrons. The highest BCUT2D eigenvalue weighted by molar-refractivity contribution is 7.91. The molecule has 1 N–H and O–H groups in total. The average molecular weight is 418 g/mol. The first kappa shape index (κ1) is 21.7. The van der Waals surface area contributed by atoms with Crippen LogP contribution in [0.15, 0.2) is 47.4 Å². The number of sulfone groups is 1. The van der Waals surface area contributed by atoms with E-state index < -0.39 is 9.84 Å². The number of nitrogens with one attached hydrogen (secondary N) is 1. The number of unbranched alkanes of at least 4 members (excludes halogenated alkanes) is 1. The smallest absolute Gasteiger partial charge is 0.180 e. The van der Waals surface area contributed by atoms with E-state index >= 15 is 0 Å². The molecule has 2 atom stereocenters. The number of ether oxygens (including phenoxy) is 2. The standard InChI is InChI=1S/C23H31NO4S/c1-4-7-13-18-16-29(25,26)22-15-21(28-6-3)20(27-5-2)14-19(22)23(24-18)17-11-9-8-10-12-17/h8-12,14-15,18,23-24H,4-7,13,16H2,1-3H3. The molecule has 0 bridgehead atoms. The monoisotopic (exact) mass is 417 g/mol. The zero-order chi connectivity index (χ0) is 20.9. The predicted molar refractivity (Wildman–Crippen MR) is 116 cm³/mol. The molecule has 0 saturated heterocycles. The summed E-state index contributed by atoms with van der Waals surface area (Å²) in [6.45, 7) is 6.83. The van der Waals surface area contributed by atoms with Crippen molar-refractivity contribution in [3.8, 4) is 11.5 Å². The molecule has 2 aromatic carbocycles. The van der Waals surface area contributed by atoms with Gasteiger partial charge in [0.25, 0.3) is 0 Å². The zero-order valence-electron chi connectivity index (χ0n) is 17.5. The van der Waals surface area contributed by atoms with Gasteiger partial charge in [-0.05, 0) is 37.5 Å². The van der Waals surface area contributed by atoms with E-state index in [9.17, 15) is 8.42 Å². The number of hydrogen-bond donors (Lipinski definition) is 1. The lowest BCUT2D eigenvalue weighted by Gasteiger charge is -2.24. The molecule has 1 aliphatic rings. The number of benzene rings is 2. The maximum absolute atomic E-state index is 13.3. The van der Waals surface area contributed by atoms with Crippen molar-refractivity contribution in [2.24, 2.45) is 0 Å². The van der Waals surface area contributed by atoms with Crippen LogP contribution in [0.5, 0.6) is 11.5 Å². The van der Waals surface area contributed by atoms with Crippen LogP contribution in [0.4, 0.5) is 0 Å². The van der Waals surface area contributed by atoms with E-state index in [1.165, 1.54) is 0 Å². The van der Waals surface area contributed by atoms with Crippen LogP contribution in [0.2, 0.25) is 0 Å². The third kappa shape index (κ3) is 4.93. The van der Waals surface area contributed by atoms with Crippen molar-refractivity contribution in [2.45, 2.75) is 57.0 Å². The summed E-state index contributed by atoms with van der Waals surface area (Å²) in [5.41, 5.74) is 1.76. The molecule has 29 heavy (non-hydrogen) atoms. The quantitative estimate of drug-likeness (QED) is 0.685. The number of hydrogen-bond acceptors (Lipinski definition) is 5. The van der Waals surface area contributed by atoms with Gasteiger partial charge in [0, 0.05) is 12.1 Å². The van der Waals surface area contributed by atoms with Crippen LogP contribution >= 0.6 is 0 Å². The van der Waals surface area contributed by atoms with Crippen LogP contribution < -0.4 is 14.8 Å². The van der Waals surface area contributed by atoms with Gasteiger partial charge in [-0.1, -0.05) is 50.1 Å². The van der Waals surface area contributed by atoms with Crippen LogP contribution in [0.3, 0.4) is 0 Å². The van der Waals surface area contributed by atoms with E-state index in [4.69, 9.17) is 9.47 Å². The Morgan fingerprint density at radius 1 is 1.00 bits per heavy atom. The fourth-order valence-corrected chi connectivity index (χ4v) is 5.65. The molecular weight excluding hydrogens is 386 g/mol. The van der Waals surface area contributed by atoms with Crippen molar-refractivity contribution < 1.29 is 17.9 Å². The van der Waals surface area contributed by atoms with E-state index in [0.29, 0.717) is 29.6 Å². The van der Waals surface area contributed by atoms with E-state index in [1.54, 1.807) is 6.07 Å². The zero-order valence-corrected chi connectivity index (χ0v) is 18.3. The van der Waals surface area contributed by atoms with Crippen molar-refractivity contribution in [1.82, 2.24) is 5.32 Å². The molecule has 1 heterocycles. The summed E-state index contributed by atoms with van der Waals surface area (Å²) in [4.78, 5) is 0.338. The minimum atomic E-state index is -3.47. The second-order valence-electron chi connectivity index (χ2n) is 7.33. The minimum absolute atomic E-state index is 0.0862. The highest BCUT2D eigenvalue weighted by atomic mass is 32.2. The highest BCUT2D eigenvalue weighted by Gasteiger charge is 2.34. The van der Waals surface area contributed by atoms with Crippen LogP contribution in [0.25, 0.3) is 0 Å². The van der Waals surface area contributed by atoms with Gasteiger partial charge in [0.05, 0.1) is 29.9 Å². The van der Waals surface area contributed by atoms with E-state index in [1.807, 2.05) is 50.2 Å². The Morgan fingerprint density at radius 3 is 2.28 bits per heavy atom. The van der Waals surface area contributed by atoms with Gasteiger partial charge in [-0.3, -0.25) is 0 Å². The maximum Gasteiger partial charge on any atom is 0.180 e. The highest BCUT2D eigenvalue weighted by Crippen LogP contribution is 2.40. The fraction of sp³-hybridized carbons (Fsp3) is 0.478. The Balaban J connectivity index is 2.18. The molecule has 2 aromatic rings. The molecule has 0 amide bonds. The van der Waals surface area contributed by atoms with Gasteiger partial charge in [0.2, 0.25) is 0 Å². The lowest BCUT2D eigenvalue weighted by atomic mass is 9.96. The Kier molecular flexibility index (Phi) is 7.19. The van der Waals surface area contributed by atoms with Gasteiger partial charge in [-0.25, -0.2) is 8.42 Å². The summed E-state index contributed by atoms with van der Waals surface area (Å²) in [6.07, 6.45) is 2.84. The summed E-state index contributed by atoms with van der Waals surface area (Å²) in [5, 5.41) is 3.62. The SMILES string of the molecule is CCCCC1CS(=O)(=O)c2cc(OCC)c(OCC)cc2C(c2ccccc2)N1. The molecule has 0 spiro atoms. The largest absolute Gasteiger partial charge is 0.490 e. The van der Waals surface area contributed by atoms with E-state index in [0.717, 1.165) is 30.4 Å². The minimum Gasteiger partial charge on any atom is -0.490 e. The second kappa shape index (κ2) is 9.63. The van der Waals surface area contributed by atoms with Crippen molar-refractivity contribution in [3.63, 3.8) is 0 Å². The molecular formula is C23H31NO4S. The van der Waals surface area contributed by atoms with Gasteiger partial charge < -0.3 is 14.8 Å². The lowest BCUT2D eigenvalue weighted by Crippen LogP contribution is -2.35. The summed E-state index contributed by atoms with van der Waals surface area (Å²) in [5.74, 6) is 1.15. The Hall–Kier alpha value is -2.05. The molecule has 0 fully saturated rings. The van der Waals surface area contributed by atoms with Crippen LogP contribution in [0.1, 0.15) is 57.2 Å². The molecule has 1 aliphatic heterocycles. The molecule has 6 heteroatoms. The van der Waals surface area contributed by atoms with Crippen molar-refractivity contribution in [2.75, 3.05) is 19.0 Å². The van der Waals surface area contributed by atoms with Crippen molar-refractivity contribution in [1.29, 1.82) is 0 Å². The molecule has 0 saturated carbocycles. The molecule has 3 rings (SSSR count). The third-order valence-electron chi connectivity index (χ3n) is 5.18. The van der Waals surface area contributed by atoms with Gasteiger partial charge >= 0.3 is 0 Å². The molecule has 0 aliphatic carbocycles. The topological polar surface area (TPSA) is 64.6 Å². The summed E-state index contributed by atoms with van der Waals surface area (Å²) in [7, 11) is -3.47. The van der Waals surface area contributed by atoms with Crippen LogP contribution in [-0.2, 0) is 9.84 Å². The summed E-state index contributed by atoms with van der Waals surface area (Å²) in [6, 6.07) is 13.2. The van der Waals surface area contributed by atoms with Crippen LogP contribution in [0, 0.1) is 0 Å². The number of fused-ring (bicyclic) bond motifs is 1. The predicted octanol–water partition coefficient (Wildman–Crippen LogP) is 4.51. The van der Waals surface area contributed by atoms with Crippen molar-refractivity contribution >= 4 is 9.84 Å². The first-order valence-electron chi connectivity index (χ1n) is 10.5. The second-order valence-corrected chi connectivity index (χ2v) is 9.34.